The van der Waals surface area contributed by atoms with Gasteiger partial charge < -0.3 is 10.4 Å². The average molecular weight is 234 g/mol. The van der Waals surface area contributed by atoms with Crippen LogP contribution in [-0.4, -0.2) is 22.5 Å². The maximum Gasteiger partial charge on any atom is 0.342 e. The normalized spacial score (nSPS) is 9.35. The van der Waals surface area contributed by atoms with E-state index >= 15 is 0 Å². The third kappa shape index (κ3) is 3.21. The Balaban J connectivity index is 2.98. The molecule has 0 saturated heterocycles. The van der Waals surface area contributed by atoms with Crippen LogP contribution in [0.1, 0.15) is 16.8 Å². The van der Waals surface area contributed by atoms with Crippen molar-refractivity contribution < 1.29 is 14.8 Å². The molecule has 2 N–H and O–H groups in total. The molecule has 0 aliphatic rings. The van der Waals surface area contributed by atoms with Crippen molar-refractivity contribution in [2.45, 2.75) is 6.42 Å². The number of anilines is 1. The number of carboxylic acid groups (broad SMARTS) is 1. The van der Waals surface area contributed by atoms with Crippen LogP contribution in [0.15, 0.2) is 18.2 Å². The van der Waals surface area contributed by atoms with Gasteiger partial charge in [-0.3, -0.25) is 10.1 Å². The fraction of sp³-hybridized carbons (Fsp3) is 0.182. The van der Waals surface area contributed by atoms with E-state index in [-0.39, 0.29) is 5.56 Å². The molecule has 17 heavy (non-hydrogen) atoms. The van der Waals surface area contributed by atoms with Gasteiger partial charge in [0.15, 0.2) is 0 Å². The van der Waals surface area contributed by atoms with Crippen LogP contribution < -0.4 is 5.32 Å². The molecule has 0 atom stereocenters. The number of carboxylic acids is 1. The maximum absolute atomic E-state index is 10.8. The van der Waals surface area contributed by atoms with Gasteiger partial charge >= 0.3 is 5.97 Å². The highest BCUT2D eigenvalue weighted by Gasteiger charge is 2.19. The van der Waals surface area contributed by atoms with E-state index in [0.717, 1.165) is 6.07 Å². The number of terminal acetylenes is 1. The number of hydrogen-bond donors (Lipinski definition) is 2. The first kappa shape index (κ1) is 12.5. The third-order valence-electron chi connectivity index (χ3n) is 2.02. The van der Waals surface area contributed by atoms with Gasteiger partial charge in [-0.2, -0.15) is 0 Å². The molecule has 1 rings (SSSR count). The second kappa shape index (κ2) is 5.51. The Kier molecular flexibility index (Phi) is 4.06. The van der Waals surface area contributed by atoms with Crippen LogP contribution in [0, 0.1) is 22.5 Å². The standard InChI is InChI=1S/C11H10N2O4/c1-2-3-6-12-8-4-5-10(13(16)17)9(7-8)11(14)15/h1,4-5,7,12H,3,6H2,(H,14,15). The number of nitro groups is 1. The first-order chi connectivity index (χ1) is 8.06. The van der Waals surface area contributed by atoms with Crippen LogP contribution in [0.25, 0.3) is 0 Å². The Hall–Kier alpha value is -2.55. The summed E-state index contributed by atoms with van der Waals surface area (Å²) in [5.41, 5.74) is -0.288. The number of nitrogens with zero attached hydrogens (tertiary/aromatic N) is 1. The molecule has 0 saturated carbocycles. The SMILES string of the molecule is C#CCCNc1ccc([N+](=O)[O-])c(C(=O)O)c1. The van der Waals surface area contributed by atoms with E-state index in [4.69, 9.17) is 11.5 Å². The highest BCUT2D eigenvalue weighted by atomic mass is 16.6. The van der Waals surface area contributed by atoms with Crippen LogP contribution in [0.3, 0.4) is 0 Å². The van der Waals surface area contributed by atoms with Gasteiger partial charge in [0.1, 0.15) is 5.56 Å². The Morgan fingerprint density at radius 3 is 2.82 bits per heavy atom. The largest absolute Gasteiger partial charge is 0.477 e. The van der Waals surface area contributed by atoms with E-state index in [0.29, 0.717) is 18.7 Å². The zero-order valence-corrected chi connectivity index (χ0v) is 8.84. The molecular weight excluding hydrogens is 224 g/mol. The fourth-order valence-electron chi connectivity index (χ4n) is 1.26. The van der Waals surface area contributed by atoms with Crippen molar-refractivity contribution in [3.05, 3.63) is 33.9 Å². The van der Waals surface area contributed by atoms with Crippen molar-refractivity contribution >= 4 is 17.3 Å². The van der Waals surface area contributed by atoms with Crippen molar-refractivity contribution in [1.29, 1.82) is 0 Å². The summed E-state index contributed by atoms with van der Waals surface area (Å²) in [6, 6.07) is 3.82. The topological polar surface area (TPSA) is 92.5 Å². The summed E-state index contributed by atoms with van der Waals surface area (Å²) in [6.45, 7) is 0.480. The molecule has 88 valence electrons. The van der Waals surface area contributed by atoms with Crippen molar-refractivity contribution in [2.24, 2.45) is 0 Å². The molecular formula is C11H10N2O4. The Morgan fingerprint density at radius 1 is 1.59 bits per heavy atom. The Bertz CT molecular complexity index is 491. The summed E-state index contributed by atoms with van der Waals surface area (Å²) in [5, 5.41) is 22.3. The molecule has 0 amide bonds. The Morgan fingerprint density at radius 2 is 2.29 bits per heavy atom. The van der Waals surface area contributed by atoms with E-state index in [1.54, 1.807) is 0 Å². The van der Waals surface area contributed by atoms with Gasteiger partial charge in [-0.1, -0.05) is 0 Å². The predicted molar refractivity (Wildman–Crippen MR) is 62.0 cm³/mol. The molecule has 6 heteroatoms. The quantitative estimate of drug-likeness (QED) is 0.350. The van der Waals surface area contributed by atoms with Crippen molar-refractivity contribution in [3.63, 3.8) is 0 Å². The van der Waals surface area contributed by atoms with Crippen LogP contribution in [-0.2, 0) is 0 Å². The molecule has 1 aromatic carbocycles. The lowest BCUT2D eigenvalue weighted by Crippen LogP contribution is -2.06. The first-order valence-electron chi connectivity index (χ1n) is 4.75. The molecule has 0 aromatic heterocycles. The van der Waals surface area contributed by atoms with Crippen LogP contribution in [0.4, 0.5) is 11.4 Å². The zero-order chi connectivity index (χ0) is 12.8. The van der Waals surface area contributed by atoms with Crippen molar-refractivity contribution in [1.82, 2.24) is 0 Å². The number of nitro benzene ring substituents is 1. The molecule has 0 aliphatic heterocycles. The van der Waals surface area contributed by atoms with Gasteiger partial charge in [0.25, 0.3) is 5.69 Å². The lowest BCUT2D eigenvalue weighted by atomic mass is 10.1. The second-order valence-corrected chi connectivity index (χ2v) is 3.18. The van der Waals surface area contributed by atoms with Gasteiger partial charge in [0.2, 0.25) is 0 Å². The van der Waals surface area contributed by atoms with E-state index in [1.807, 2.05) is 0 Å². The lowest BCUT2D eigenvalue weighted by Gasteiger charge is -2.05. The summed E-state index contributed by atoms with van der Waals surface area (Å²) < 4.78 is 0. The summed E-state index contributed by atoms with van der Waals surface area (Å²) in [6.07, 6.45) is 5.55. The molecule has 0 aliphatic carbocycles. The lowest BCUT2D eigenvalue weighted by molar-refractivity contribution is -0.385. The minimum atomic E-state index is -1.34. The number of hydrogen-bond acceptors (Lipinski definition) is 4. The summed E-state index contributed by atoms with van der Waals surface area (Å²) in [4.78, 5) is 20.7. The number of aromatic carboxylic acids is 1. The number of nitrogens with one attached hydrogen (secondary N) is 1. The minimum absolute atomic E-state index is 0.347. The second-order valence-electron chi connectivity index (χ2n) is 3.18. The van der Waals surface area contributed by atoms with Crippen molar-refractivity contribution in [3.8, 4) is 12.3 Å². The first-order valence-corrected chi connectivity index (χ1v) is 4.75. The number of benzene rings is 1. The van der Waals surface area contributed by atoms with Crippen LogP contribution in [0.5, 0.6) is 0 Å². The Labute approximate surface area is 97.4 Å². The fourth-order valence-corrected chi connectivity index (χ4v) is 1.26. The maximum atomic E-state index is 10.8. The molecule has 0 spiro atoms. The highest BCUT2D eigenvalue weighted by molar-refractivity contribution is 5.93. The van der Waals surface area contributed by atoms with Gasteiger partial charge in [-0.15, -0.1) is 12.3 Å². The zero-order valence-electron chi connectivity index (χ0n) is 8.84. The van der Waals surface area contributed by atoms with E-state index < -0.39 is 16.6 Å². The molecule has 6 nitrogen and oxygen atoms in total. The minimum Gasteiger partial charge on any atom is -0.477 e. The molecule has 0 unspecified atom stereocenters. The van der Waals surface area contributed by atoms with Gasteiger partial charge in [0, 0.05) is 24.7 Å². The number of carbonyl (C=O) groups is 1. The van der Waals surface area contributed by atoms with Crippen LogP contribution >= 0.6 is 0 Å². The van der Waals surface area contributed by atoms with Crippen molar-refractivity contribution in [2.75, 3.05) is 11.9 Å². The molecule has 0 fully saturated rings. The molecule has 0 heterocycles. The van der Waals surface area contributed by atoms with Gasteiger partial charge in [-0.25, -0.2) is 4.79 Å². The highest BCUT2D eigenvalue weighted by Crippen LogP contribution is 2.22. The molecule has 1 aromatic rings. The van der Waals surface area contributed by atoms with E-state index in [9.17, 15) is 14.9 Å². The average Bonchev–Trinajstić information content (AvgIpc) is 2.29. The molecule has 0 bridgehead atoms. The number of rotatable bonds is 5. The molecule has 0 radical (unpaired) electrons. The summed E-state index contributed by atoms with van der Waals surface area (Å²) in [5.74, 6) is 1.08. The predicted octanol–water partition coefficient (Wildman–Crippen LogP) is 1.73. The third-order valence-corrected chi connectivity index (χ3v) is 2.02. The van der Waals surface area contributed by atoms with Gasteiger partial charge in [-0.05, 0) is 12.1 Å². The summed E-state index contributed by atoms with van der Waals surface area (Å²) in [7, 11) is 0. The van der Waals surface area contributed by atoms with E-state index in [1.165, 1.54) is 12.1 Å². The van der Waals surface area contributed by atoms with E-state index in [2.05, 4.69) is 11.2 Å². The van der Waals surface area contributed by atoms with Crippen LogP contribution in [0.2, 0.25) is 0 Å². The monoisotopic (exact) mass is 234 g/mol. The summed E-state index contributed by atoms with van der Waals surface area (Å²) >= 11 is 0. The van der Waals surface area contributed by atoms with Gasteiger partial charge in [0.05, 0.1) is 4.92 Å². The smallest absolute Gasteiger partial charge is 0.342 e.